The first-order valence-corrected chi connectivity index (χ1v) is 16.5. The molecule has 0 saturated carbocycles. The minimum Gasteiger partial charge on any atom is -0.376 e. The van der Waals surface area contributed by atoms with Gasteiger partial charge in [0.05, 0.1) is 12.5 Å². The number of halogens is 11. The summed E-state index contributed by atoms with van der Waals surface area (Å²) in [6.07, 6.45) is -8.19. The zero-order valence-electron chi connectivity index (χ0n) is 19.9. The third-order valence-electron chi connectivity index (χ3n) is 4.25. The fourth-order valence-electron chi connectivity index (χ4n) is 2.39. The van der Waals surface area contributed by atoms with Crippen molar-refractivity contribution in [2.24, 2.45) is 0 Å². The Kier molecular flexibility index (Phi) is 15.6. The van der Waals surface area contributed by atoms with Crippen LogP contribution in [0.3, 0.4) is 0 Å². The summed E-state index contributed by atoms with van der Waals surface area (Å²) in [6, 6.07) is 7.19. The summed E-state index contributed by atoms with van der Waals surface area (Å²) < 4.78 is 123. The minimum absolute atomic E-state index is 0. The Labute approximate surface area is 259 Å². The number of hydrogen-bond acceptors (Lipinski definition) is 6. The maximum absolute atomic E-state index is 13.1. The van der Waals surface area contributed by atoms with Crippen LogP contribution in [-0.4, -0.2) is 46.8 Å². The van der Waals surface area contributed by atoms with Crippen molar-refractivity contribution in [2.75, 3.05) is 12.5 Å². The number of alkyl halides is 6. The molecule has 0 fully saturated rings. The molecule has 0 bridgehead atoms. The Morgan fingerprint density at radius 1 is 0.750 bits per heavy atom. The predicted molar refractivity (Wildman–Crippen MR) is 151 cm³/mol. The predicted octanol–water partition coefficient (Wildman–Crippen LogP) is 8.55. The van der Waals surface area contributed by atoms with Gasteiger partial charge in [-0.05, 0) is 61.4 Å². The van der Waals surface area contributed by atoms with Crippen LogP contribution in [0, 0.1) is 0 Å². The highest BCUT2D eigenvalue weighted by molar-refractivity contribution is 9.10. The van der Waals surface area contributed by atoms with Gasteiger partial charge in [-0.15, -0.1) is 0 Å². The van der Waals surface area contributed by atoms with Crippen molar-refractivity contribution in [1.29, 1.82) is 0 Å². The van der Waals surface area contributed by atoms with Crippen molar-refractivity contribution >= 4 is 84.9 Å². The van der Waals surface area contributed by atoms with Gasteiger partial charge in [-0.1, -0.05) is 62.5 Å². The standard InChI is InChI=1S/C10H9BrClF3O3S.C9H7BrClF3O.CH3ClO2S.CH4/c1-9(10(13,14)15,18-19(2,16)17)6-3-7(11)5-8(12)4-6;1-8(15,9(12,13)14)5-2-6(10)4-7(11)3-5;1-5(2,3)4;/h3-5H,1-2H3;2-4,15H,1H3;1H3;1H4. The quantitative estimate of drug-likeness (QED) is 0.189. The molecule has 2 unspecified atom stereocenters. The molecule has 0 amide bonds. The molecule has 0 heterocycles. The minimum atomic E-state index is -4.93. The maximum atomic E-state index is 13.1. The average Bonchev–Trinajstić information content (AvgIpc) is 2.62. The molecule has 40 heavy (non-hydrogen) atoms. The number of benzene rings is 2. The summed E-state index contributed by atoms with van der Waals surface area (Å²) >= 11 is 17.3. The van der Waals surface area contributed by atoms with Crippen molar-refractivity contribution < 1.29 is 52.5 Å². The fourth-order valence-corrected chi connectivity index (χ4v) is 4.91. The number of aliphatic hydroxyl groups is 1. The van der Waals surface area contributed by atoms with E-state index in [1.165, 1.54) is 18.2 Å². The van der Waals surface area contributed by atoms with E-state index in [1.807, 2.05) is 0 Å². The second kappa shape index (κ2) is 14.9. The normalized spacial score (nSPS) is 15.2. The first kappa shape index (κ1) is 41.8. The molecule has 1 N–H and O–H groups in total. The molecule has 19 heteroatoms. The van der Waals surface area contributed by atoms with Gasteiger partial charge in [-0.2, -0.15) is 34.8 Å². The van der Waals surface area contributed by atoms with E-state index >= 15 is 0 Å². The van der Waals surface area contributed by atoms with Crippen molar-refractivity contribution in [3.8, 4) is 0 Å². The van der Waals surface area contributed by atoms with E-state index in [0.717, 1.165) is 24.5 Å². The van der Waals surface area contributed by atoms with E-state index in [1.54, 1.807) is 0 Å². The summed E-state index contributed by atoms with van der Waals surface area (Å²) in [5.41, 5.74) is -6.62. The third-order valence-corrected chi connectivity index (χ3v) is 6.24. The van der Waals surface area contributed by atoms with E-state index in [0.29, 0.717) is 24.6 Å². The smallest absolute Gasteiger partial charge is 0.376 e. The Morgan fingerprint density at radius 3 is 1.35 bits per heavy atom. The molecule has 0 aliphatic rings. The van der Waals surface area contributed by atoms with Crippen LogP contribution in [0.5, 0.6) is 0 Å². The van der Waals surface area contributed by atoms with Gasteiger partial charge in [0.1, 0.15) is 0 Å². The highest BCUT2D eigenvalue weighted by Gasteiger charge is 2.56. The van der Waals surface area contributed by atoms with Gasteiger partial charge in [0.2, 0.25) is 14.7 Å². The lowest BCUT2D eigenvalue weighted by molar-refractivity contribution is -0.258. The van der Waals surface area contributed by atoms with Crippen LogP contribution in [0.25, 0.3) is 0 Å². The molecule has 0 aromatic heterocycles. The molecule has 0 spiro atoms. The summed E-state index contributed by atoms with van der Waals surface area (Å²) in [5.74, 6) is 0. The van der Waals surface area contributed by atoms with Gasteiger partial charge in [0, 0.05) is 29.7 Å². The Balaban J connectivity index is 0. The summed E-state index contributed by atoms with van der Waals surface area (Å²) in [7, 11) is -3.01. The molecule has 2 rings (SSSR count). The zero-order valence-corrected chi connectivity index (χ0v) is 27.0. The molecule has 6 nitrogen and oxygen atoms in total. The summed E-state index contributed by atoms with van der Waals surface area (Å²) in [5, 5.41) is 9.52. The number of rotatable bonds is 4. The lowest BCUT2D eigenvalue weighted by Crippen LogP contribution is -2.43. The van der Waals surface area contributed by atoms with Gasteiger partial charge >= 0.3 is 12.4 Å². The molecule has 0 radical (unpaired) electrons. The van der Waals surface area contributed by atoms with E-state index < -0.39 is 48.3 Å². The van der Waals surface area contributed by atoms with Gasteiger partial charge < -0.3 is 5.11 Å². The van der Waals surface area contributed by atoms with Crippen LogP contribution < -0.4 is 0 Å². The van der Waals surface area contributed by atoms with Crippen molar-refractivity contribution in [3.63, 3.8) is 0 Å². The van der Waals surface area contributed by atoms with E-state index in [4.69, 9.17) is 23.2 Å². The highest BCUT2D eigenvalue weighted by Crippen LogP contribution is 2.44. The number of hydrogen-bond donors (Lipinski definition) is 1. The van der Waals surface area contributed by atoms with Gasteiger partial charge in [-0.3, -0.25) is 0 Å². The molecule has 2 aromatic rings. The second-order valence-corrected chi connectivity index (χ2v) is 15.2. The van der Waals surface area contributed by atoms with Crippen molar-refractivity contribution in [1.82, 2.24) is 0 Å². The van der Waals surface area contributed by atoms with Crippen LogP contribution in [0.2, 0.25) is 10.0 Å². The van der Waals surface area contributed by atoms with Gasteiger partial charge in [0.25, 0.3) is 10.1 Å². The summed E-state index contributed by atoms with van der Waals surface area (Å²) in [6.45, 7) is 1.32. The molecule has 2 aromatic carbocycles. The molecular weight excluding hydrogens is 793 g/mol. The van der Waals surface area contributed by atoms with Gasteiger partial charge in [-0.25, -0.2) is 12.6 Å². The van der Waals surface area contributed by atoms with E-state index in [9.17, 15) is 48.3 Å². The van der Waals surface area contributed by atoms with Crippen molar-refractivity contribution in [3.05, 3.63) is 66.5 Å². The van der Waals surface area contributed by atoms with E-state index in [-0.39, 0.29) is 27.5 Å². The third kappa shape index (κ3) is 14.2. The fraction of sp³-hybridized carbons (Fsp3) is 0.429. The van der Waals surface area contributed by atoms with Gasteiger partial charge in [0.15, 0.2) is 5.60 Å². The first-order valence-electron chi connectivity index (χ1n) is 9.59. The lowest BCUT2D eigenvalue weighted by atomic mass is 9.95. The Morgan fingerprint density at radius 2 is 1.07 bits per heavy atom. The second-order valence-electron chi connectivity index (χ2n) is 7.89. The van der Waals surface area contributed by atoms with Crippen LogP contribution in [0.1, 0.15) is 32.4 Å². The zero-order chi connectivity index (χ0) is 31.4. The Bertz CT molecular complexity index is 1320. The summed E-state index contributed by atoms with van der Waals surface area (Å²) in [4.78, 5) is 0. The molecule has 0 saturated heterocycles. The van der Waals surface area contributed by atoms with Crippen LogP contribution in [-0.2, 0) is 34.6 Å². The van der Waals surface area contributed by atoms with Crippen LogP contribution >= 0.6 is 65.7 Å². The molecule has 0 aliphatic carbocycles. The largest absolute Gasteiger partial charge is 0.422 e. The van der Waals surface area contributed by atoms with Crippen molar-refractivity contribution in [2.45, 2.75) is 44.8 Å². The maximum Gasteiger partial charge on any atom is 0.422 e. The Hall–Kier alpha value is -0.330. The molecule has 2 atom stereocenters. The lowest BCUT2D eigenvalue weighted by Gasteiger charge is -2.31. The first-order chi connectivity index (χ1) is 17.0. The highest BCUT2D eigenvalue weighted by atomic mass is 79.9. The molecule has 232 valence electrons. The average molecular weight is 816 g/mol. The van der Waals surface area contributed by atoms with Crippen LogP contribution in [0.15, 0.2) is 45.3 Å². The van der Waals surface area contributed by atoms with E-state index in [2.05, 4.69) is 46.7 Å². The van der Waals surface area contributed by atoms with Crippen LogP contribution in [0.4, 0.5) is 26.3 Å². The topological polar surface area (TPSA) is 97.7 Å². The molecule has 0 aliphatic heterocycles. The SMILES string of the molecule is C.CC(O)(c1cc(Cl)cc(Br)c1)C(F)(F)F.CC(OS(C)(=O)=O)(c1cc(Cl)cc(Br)c1)C(F)(F)F.CS(=O)(=O)Cl. The monoisotopic (exact) mass is 812 g/mol. The molecular formula is C21H23Br2Cl3F6O6S2.